The molecule has 7 nitrogen and oxygen atoms in total. The van der Waals surface area contributed by atoms with Crippen LogP contribution in [0.3, 0.4) is 0 Å². The molecule has 2 aromatic carbocycles. The van der Waals surface area contributed by atoms with E-state index in [2.05, 4.69) is 10.2 Å². The van der Waals surface area contributed by atoms with E-state index in [-0.39, 0.29) is 30.4 Å². The average molecular weight is 621 g/mol. The minimum Gasteiger partial charge on any atom is -0.492 e. The summed E-state index contributed by atoms with van der Waals surface area (Å²) in [6.07, 6.45) is 3.57. The molecule has 3 aromatic rings. The van der Waals surface area contributed by atoms with Crippen LogP contribution in [0.4, 0.5) is 0 Å². The van der Waals surface area contributed by atoms with Gasteiger partial charge in [0.05, 0.1) is 23.7 Å². The number of aryl methyl sites for hydroxylation is 1. The van der Waals surface area contributed by atoms with E-state index >= 15 is 0 Å². The van der Waals surface area contributed by atoms with Gasteiger partial charge >= 0.3 is 5.97 Å². The van der Waals surface area contributed by atoms with E-state index in [0.717, 1.165) is 54.5 Å². The molecule has 0 saturated heterocycles. The summed E-state index contributed by atoms with van der Waals surface area (Å²) in [5.41, 5.74) is 4.04. The quantitative estimate of drug-likeness (QED) is 0.209. The minimum absolute atomic E-state index is 0. The van der Waals surface area contributed by atoms with Crippen LogP contribution in [-0.4, -0.2) is 60.2 Å². The van der Waals surface area contributed by atoms with Gasteiger partial charge in [-0.15, -0.1) is 12.4 Å². The lowest BCUT2D eigenvalue weighted by atomic mass is 9.78. The van der Waals surface area contributed by atoms with E-state index in [1.165, 1.54) is 0 Å². The first-order valence-electron chi connectivity index (χ1n) is 13.5. The van der Waals surface area contributed by atoms with Crippen molar-refractivity contribution in [1.29, 1.82) is 0 Å². The molecule has 1 fully saturated rings. The van der Waals surface area contributed by atoms with Crippen LogP contribution in [0.1, 0.15) is 48.2 Å². The first-order valence-corrected chi connectivity index (χ1v) is 14.3. The maximum Gasteiger partial charge on any atom is 0.305 e. The van der Waals surface area contributed by atoms with Crippen LogP contribution in [0.2, 0.25) is 10.0 Å². The maximum absolute atomic E-state index is 13.3. The number of halogens is 3. The van der Waals surface area contributed by atoms with Gasteiger partial charge in [0.1, 0.15) is 11.4 Å². The molecule has 41 heavy (non-hydrogen) atoms. The molecule has 1 saturated carbocycles. The monoisotopic (exact) mass is 619 g/mol. The molecule has 4 rings (SSSR count). The number of nitrogens with one attached hydrogen (secondary N) is 1. The fourth-order valence-electron chi connectivity index (χ4n) is 4.80. The molecule has 1 aromatic heterocycles. The van der Waals surface area contributed by atoms with Gasteiger partial charge in [-0.2, -0.15) is 0 Å². The molecule has 0 aliphatic heterocycles. The molecule has 0 spiro atoms. The Labute approximate surface area is 257 Å². The zero-order valence-corrected chi connectivity index (χ0v) is 25.8. The highest BCUT2D eigenvalue weighted by Gasteiger charge is 2.31. The number of ether oxygens (including phenoxy) is 1. The lowest BCUT2D eigenvalue weighted by Crippen LogP contribution is -2.44. The number of aromatic nitrogens is 1. The molecule has 10 heteroatoms. The first-order chi connectivity index (χ1) is 19.1. The number of pyridine rings is 1. The highest BCUT2D eigenvalue weighted by atomic mass is 35.5. The lowest BCUT2D eigenvalue weighted by molar-refractivity contribution is -0.138. The fraction of sp³-hybridized carbons (Fsp3) is 0.387. The van der Waals surface area contributed by atoms with Gasteiger partial charge in [-0.3, -0.25) is 9.59 Å². The highest BCUT2D eigenvalue weighted by Crippen LogP contribution is 2.38. The number of nitrogens with zero attached hydrogens (tertiary/aromatic N) is 2. The van der Waals surface area contributed by atoms with Crippen LogP contribution in [0, 0.1) is 12.8 Å². The second-order valence-electron chi connectivity index (χ2n) is 10.6. The van der Waals surface area contributed by atoms with Crippen molar-refractivity contribution in [1.82, 2.24) is 15.2 Å². The van der Waals surface area contributed by atoms with Crippen LogP contribution in [-0.2, 0) is 4.79 Å². The third-order valence-corrected chi connectivity index (χ3v) is 7.82. The summed E-state index contributed by atoms with van der Waals surface area (Å²) in [7, 11) is 4.02. The Morgan fingerprint density at radius 1 is 1.07 bits per heavy atom. The third-order valence-electron chi connectivity index (χ3n) is 7.18. The van der Waals surface area contributed by atoms with Crippen LogP contribution >= 0.6 is 35.6 Å². The van der Waals surface area contributed by atoms with Gasteiger partial charge in [0.2, 0.25) is 0 Å². The van der Waals surface area contributed by atoms with E-state index in [9.17, 15) is 14.7 Å². The van der Waals surface area contributed by atoms with Crippen molar-refractivity contribution in [3.63, 3.8) is 0 Å². The molecule has 1 heterocycles. The Hall–Kier alpha value is -2.84. The molecule has 1 unspecified atom stereocenters. The molecule has 220 valence electrons. The summed E-state index contributed by atoms with van der Waals surface area (Å²) in [4.78, 5) is 31.7. The highest BCUT2D eigenvalue weighted by molar-refractivity contribution is 6.33. The van der Waals surface area contributed by atoms with Gasteiger partial charge in [0, 0.05) is 34.3 Å². The van der Waals surface area contributed by atoms with Crippen LogP contribution in [0.15, 0.2) is 48.5 Å². The summed E-state index contributed by atoms with van der Waals surface area (Å²) >= 11 is 13.1. The lowest BCUT2D eigenvalue weighted by Gasteiger charge is -2.33. The van der Waals surface area contributed by atoms with E-state index < -0.39 is 17.9 Å². The number of hydrogen-bond donors (Lipinski definition) is 2. The molecule has 1 aliphatic carbocycles. The number of amides is 1. The number of carboxylic acid groups (broad SMARTS) is 1. The van der Waals surface area contributed by atoms with Crippen molar-refractivity contribution >= 4 is 47.5 Å². The van der Waals surface area contributed by atoms with Crippen LogP contribution in [0.5, 0.6) is 5.75 Å². The minimum atomic E-state index is -0.936. The van der Waals surface area contributed by atoms with Crippen molar-refractivity contribution in [2.24, 2.45) is 5.92 Å². The van der Waals surface area contributed by atoms with Crippen molar-refractivity contribution in [3.8, 4) is 28.1 Å². The predicted molar refractivity (Wildman–Crippen MR) is 167 cm³/mol. The summed E-state index contributed by atoms with van der Waals surface area (Å²) in [5.74, 6) is -0.652. The van der Waals surface area contributed by atoms with Crippen LogP contribution < -0.4 is 10.1 Å². The smallest absolute Gasteiger partial charge is 0.305 e. The Morgan fingerprint density at radius 2 is 1.80 bits per heavy atom. The second kappa shape index (κ2) is 14.9. The number of carbonyl (C=O) groups is 2. The Bertz CT molecular complexity index is 1380. The van der Waals surface area contributed by atoms with E-state index in [0.29, 0.717) is 28.1 Å². The molecule has 0 bridgehead atoms. The van der Waals surface area contributed by atoms with Crippen LogP contribution in [0.25, 0.3) is 22.4 Å². The van der Waals surface area contributed by atoms with E-state index in [1.807, 2.05) is 57.4 Å². The van der Waals surface area contributed by atoms with Gasteiger partial charge in [-0.25, -0.2) is 4.98 Å². The standard InChI is InChI=1S/C31H35Cl2N3O4.ClH/c1-19-8-11-24(32)23(16-19)22-10-13-26(31(39)35-27(18-29(37)38)20-6-4-7-20)34-30(22)21-9-12-25(33)28(17-21)40-15-5-14-36(2)3;/h8-13,16-17,20,27H,4-7,14-15,18H2,1-3H3,(H,35,39)(H,37,38);1H. The third kappa shape index (κ3) is 8.58. The molecule has 1 amide bonds. The number of hydrogen-bond acceptors (Lipinski definition) is 5. The largest absolute Gasteiger partial charge is 0.492 e. The van der Waals surface area contributed by atoms with Gasteiger partial charge in [0.25, 0.3) is 5.91 Å². The van der Waals surface area contributed by atoms with Crippen molar-refractivity contribution in [3.05, 3.63) is 69.8 Å². The topological polar surface area (TPSA) is 91.8 Å². The van der Waals surface area contributed by atoms with Crippen molar-refractivity contribution in [2.75, 3.05) is 27.2 Å². The molecule has 2 N–H and O–H groups in total. The maximum atomic E-state index is 13.3. The van der Waals surface area contributed by atoms with Crippen molar-refractivity contribution in [2.45, 2.75) is 45.1 Å². The summed E-state index contributed by atoms with van der Waals surface area (Å²) in [6.45, 7) is 3.37. The second-order valence-corrected chi connectivity index (χ2v) is 11.4. The summed E-state index contributed by atoms with van der Waals surface area (Å²) in [5, 5.41) is 13.4. The number of benzene rings is 2. The van der Waals surface area contributed by atoms with Crippen molar-refractivity contribution < 1.29 is 19.4 Å². The molecule has 1 aliphatic rings. The number of carbonyl (C=O) groups excluding carboxylic acids is 1. The zero-order valence-electron chi connectivity index (χ0n) is 23.5. The molecular formula is C31H36Cl3N3O4. The molecular weight excluding hydrogens is 585 g/mol. The zero-order chi connectivity index (χ0) is 28.8. The summed E-state index contributed by atoms with van der Waals surface area (Å²) in [6, 6.07) is 14.2. The normalized spacial score (nSPS) is 13.7. The summed E-state index contributed by atoms with van der Waals surface area (Å²) < 4.78 is 6.00. The van der Waals surface area contributed by atoms with Gasteiger partial charge in [0.15, 0.2) is 0 Å². The SMILES string of the molecule is Cc1ccc(Cl)c(-c2ccc(C(=O)NC(CC(=O)O)C3CCC3)nc2-c2ccc(Cl)c(OCCCN(C)C)c2)c1.Cl. The van der Waals surface area contributed by atoms with E-state index in [4.69, 9.17) is 32.9 Å². The fourth-order valence-corrected chi connectivity index (χ4v) is 5.19. The molecule has 1 atom stereocenters. The Kier molecular flexibility index (Phi) is 11.9. The number of rotatable bonds is 12. The average Bonchev–Trinajstić information content (AvgIpc) is 2.87. The Balaban J connectivity index is 0.00000462. The Morgan fingerprint density at radius 3 is 2.46 bits per heavy atom. The predicted octanol–water partition coefficient (Wildman–Crippen LogP) is 7.16. The molecule has 0 radical (unpaired) electrons. The van der Waals surface area contributed by atoms with Gasteiger partial charge < -0.3 is 20.1 Å². The van der Waals surface area contributed by atoms with E-state index in [1.54, 1.807) is 12.1 Å². The number of carboxylic acids is 1. The first kappa shape index (κ1) is 32.7. The van der Waals surface area contributed by atoms with Gasteiger partial charge in [-0.1, -0.05) is 47.3 Å². The van der Waals surface area contributed by atoms with Gasteiger partial charge in [-0.05, 0) is 82.6 Å². The number of aliphatic carboxylic acids is 1.